The Morgan fingerprint density at radius 2 is 1.76 bits per heavy atom. The van der Waals surface area contributed by atoms with Gasteiger partial charge >= 0.3 is 0 Å². The van der Waals surface area contributed by atoms with E-state index in [1.54, 1.807) is 12.1 Å². The number of sulfone groups is 1. The normalized spacial score (nSPS) is 13.1. The van der Waals surface area contributed by atoms with Crippen molar-refractivity contribution in [2.75, 3.05) is 18.2 Å². The minimum absolute atomic E-state index is 0.0887. The van der Waals surface area contributed by atoms with Gasteiger partial charge in [-0.1, -0.05) is 0 Å². The number of amides is 1. The summed E-state index contributed by atoms with van der Waals surface area (Å²) >= 11 is 0. The zero-order valence-corrected chi connectivity index (χ0v) is 10.7. The van der Waals surface area contributed by atoms with E-state index in [2.05, 4.69) is 0 Å². The Morgan fingerprint density at radius 3 is 2.18 bits per heavy atom. The van der Waals surface area contributed by atoms with E-state index in [1.807, 2.05) is 0 Å². The second kappa shape index (κ2) is 4.75. The van der Waals surface area contributed by atoms with Gasteiger partial charge in [-0.3, -0.25) is 4.79 Å². The van der Waals surface area contributed by atoms with Gasteiger partial charge in [0.1, 0.15) is 11.0 Å². The molecule has 0 saturated heterocycles. The predicted octanol–water partition coefficient (Wildman–Crippen LogP) is 0.788. The molecule has 1 unspecified atom stereocenters. The molecule has 6 heteroatoms. The Morgan fingerprint density at radius 1 is 1.29 bits per heavy atom. The number of carbonyl (C=O) groups is 1. The van der Waals surface area contributed by atoms with Crippen LogP contribution in [0.4, 0.5) is 5.69 Å². The highest BCUT2D eigenvalue weighted by atomic mass is 32.2. The smallest absolute Gasteiger partial charge is 0.244 e. The van der Waals surface area contributed by atoms with Crippen LogP contribution in [-0.2, 0) is 14.6 Å². The first-order chi connectivity index (χ1) is 7.73. The number of nitrogens with zero attached hydrogens (tertiary/aromatic N) is 1. The second-order valence-corrected chi connectivity index (χ2v) is 6.25. The van der Waals surface area contributed by atoms with Crippen molar-refractivity contribution >= 4 is 21.4 Å². The van der Waals surface area contributed by atoms with Crippen molar-refractivity contribution in [2.24, 2.45) is 0 Å². The fourth-order valence-electron chi connectivity index (χ4n) is 1.26. The van der Waals surface area contributed by atoms with Crippen LogP contribution < -0.4 is 4.90 Å². The van der Waals surface area contributed by atoms with E-state index in [0.29, 0.717) is 5.69 Å². The molecule has 1 atom stereocenters. The molecule has 1 N–H and O–H groups in total. The molecule has 1 aromatic rings. The molecule has 94 valence electrons. The van der Waals surface area contributed by atoms with E-state index in [4.69, 9.17) is 5.11 Å². The molecule has 0 aliphatic carbocycles. The van der Waals surface area contributed by atoms with Crippen molar-refractivity contribution in [3.8, 4) is 5.75 Å². The van der Waals surface area contributed by atoms with Gasteiger partial charge in [-0.2, -0.15) is 0 Å². The minimum atomic E-state index is -3.40. The quantitative estimate of drug-likeness (QED) is 0.868. The van der Waals surface area contributed by atoms with Gasteiger partial charge < -0.3 is 10.0 Å². The molecule has 5 nitrogen and oxygen atoms in total. The van der Waals surface area contributed by atoms with Crippen LogP contribution >= 0.6 is 0 Å². The third-order valence-corrected chi connectivity index (χ3v) is 4.04. The number of phenolic OH excluding ortho intramolecular Hbond substituents is 1. The average molecular weight is 257 g/mol. The van der Waals surface area contributed by atoms with Gasteiger partial charge in [0.25, 0.3) is 0 Å². The Hall–Kier alpha value is -1.56. The summed E-state index contributed by atoms with van der Waals surface area (Å²) in [5.74, 6) is -0.413. The summed E-state index contributed by atoms with van der Waals surface area (Å²) in [6, 6.07) is 5.96. The maximum Gasteiger partial charge on any atom is 0.244 e. The largest absolute Gasteiger partial charge is 0.508 e. The summed E-state index contributed by atoms with van der Waals surface area (Å²) in [5, 5.41) is 8.03. The Bertz CT molecular complexity index is 507. The molecule has 0 heterocycles. The summed E-state index contributed by atoms with van der Waals surface area (Å²) in [6.45, 7) is 1.36. The molecule has 17 heavy (non-hydrogen) atoms. The number of phenols is 1. The summed E-state index contributed by atoms with van der Waals surface area (Å²) in [4.78, 5) is 13.1. The highest BCUT2D eigenvalue weighted by molar-refractivity contribution is 7.92. The Kier molecular flexibility index (Phi) is 3.77. The van der Waals surface area contributed by atoms with Crippen LogP contribution in [0.25, 0.3) is 0 Å². The first-order valence-corrected chi connectivity index (χ1v) is 6.94. The highest BCUT2D eigenvalue weighted by Crippen LogP contribution is 2.18. The van der Waals surface area contributed by atoms with Crippen LogP contribution in [0.5, 0.6) is 5.75 Å². The SMILES string of the molecule is CC(C(=O)N(C)c1ccc(O)cc1)S(C)(=O)=O. The monoisotopic (exact) mass is 257 g/mol. The predicted molar refractivity (Wildman–Crippen MR) is 65.8 cm³/mol. The number of carbonyl (C=O) groups excluding carboxylic acids is 1. The molecule has 0 aliphatic rings. The van der Waals surface area contributed by atoms with E-state index in [9.17, 15) is 13.2 Å². The van der Waals surface area contributed by atoms with Crippen LogP contribution in [0.3, 0.4) is 0 Å². The van der Waals surface area contributed by atoms with Crippen molar-refractivity contribution in [3.63, 3.8) is 0 Å². The van der Waals surface area contributed by atoms with Crippen molar-refractivity contribution in [3.05, 3.63) is 24.3 Å². The van der Waals surface area contributed by atoms with Crippen LogP contribution in [0.1, 0.15) is 6.92 Å². The molecule has 0 radical (unpaired) electrons. The lowest BCUT2D eigenvalue weighted by Crippen LogP contribution is -2.38. The van der Waals surface area contributed by atoms with Gasteiger partial charge in [0.05, 0.1) is 0 Å². The molecular weight excluding hydrogens is 242 g/mol. The highest BCUT2D eigenvalue weighted by Gasteiger charge is 2.27. The first-order valence-electron chi connectivity index (χ1n) is 4.99. The number of hydrogen-bond donors (Lipinski definition) is 1. The molecule has 1 rings (SSSR count). The van der Waals surface area contributed by atoms with Gasteiger partial charge in [-0.25, -0.2) is 8.42 Å². The number of anilines is 1. The molecule has 1 amide bonds. The topological polar surface area (TPSA) is 74.7 Å². The van der Waals surface area contributed by atoms with Crippen molar-refractivity contribution in [1.82, 2.24) is 0 Å². The lowest BCUT2D eigenvalue weighted by atomic mass is 10.2. The summed E-state index contributed by atoms with van der Waals surface area (Å²) in [7, 11) is -1.91. The maximum atomic E-state index is 11.9. The van der Waals surface area contributed by atoms with Crippen LogP contribution in [0.2, 0.25) is 0 Å². The molecule has 0 saturated carbocycles. The van der Waals surface area contributed by atoms with Crippen molar-refractivity contribution in [2.45, 2.75) is 12.2 Å². The lowest BCUT2D eigenvalue weighted by Gasteiger charge is -2.20. The summed E-state index contributed by atoms with van der Waals surface area (Å²) < 4.78 is 22.6. The lowest BCUT2D eigenvalue weighted by molar-refractivity contribution is -0.117. The number of rotatable bonds is 3. The van der Waals surface area contributed by atoms with Gasteiger partial charge in [-0.15, -0.1) is 0 Å². The number of aromatic hydroxyl groups is 1. The maximum absolute atomic E-state index is 11.9. The van der Waals surface area contributed by atoms with Crippen LogP contribution in [0.15, 0.2) is 24.3 Å². The molecular formula is C11H15NO4S. The molecule has 0 spiro atoms. The molecule has 1 aromatic carbocycles. The molecule has 0 fully saturated rings. The van der Waals surface area contributed by atoms with Gasteiger partial charge in [0.2, 0.25) is 5.91 Å². The number of hydrogen-bond acceptors (Lipinski definition) is 4. The average Bonchev–Trinajstić information content (AvgIpc) is 2.26. The molecule has 0 aliphatic heterocycles. The van der Waals surface area contributed by atoms with Crippen molar-refractivity contribution in [1.29, 1.82) is 0 Å². The second-order valence-electron chi connectivity index (χ2n) is 3.89. The standard InChI is InChI=1S/C11H15NO4S/c1-8(17(3,15)16)11(14)12(2)9-4-6-10(13)7-5-9/h4-8,13H,1-3H3. The van der Waals surface area contributed by atoms with Gasteiger partial charge in [0, 0.05) is 19.0 Å². The Labute approximate surface area is 101 Å². The number of benzene rings is 1. The first kappa shape index (κ1) is 13.5. The van der Waals surface area contributed by atoms with Gasteiger partial charge in [-0.05, 0) is 31.2 Å². The van der Waals surface area contributed by atoms with E-state index in [-0.39, 0.29) is 5.75 Å². The minimum Gasteiger partial charge on any atom is -0.508 e. The Balaban J connectivity index is 2.94. The molecule has 0 aromatic heterocycles. The zero-order valence-electron chi connectivity index (χ0n) is 9.91. The molecule has 0 bridgehead atoms. The summed E-state index contributed by atoms with van der Waals surface area (Å²) in [5.41, 5.74) is 0.531. The third-order valence-electron chi connectivity index (χ3n) is 2.56. The van der Waals surface area contributed by atoms with E-state index in [0.717, 1.165) is 6.26 Å². The van der Waals surface area contributed by atoms with Crippen LogP contribution in [-0.4, -0.2) is 38.0 Å². The zero-order chi connectivity index (χ0) is 13.2. The van der Waals surface area contributed by atoms with E-state index < -0.39 is 21.0 Å². The van der Waals surface area contributed by atoms with E-state index >= 15 is 0 Å². The van der Waals surface area contributed by atoms with E-state index in [1.165, 1.54) is 31.0 Å². The fourth-order valence-corrected chi connectivity index (χ4v) is 1.78. The summed E-state index contributed by atoms with van der Waals surface area (Å²) in [6.07, 6.45) is 1.03. The third kappa shape index (κ3) is 3.20. The van der Waals surface area contributed by atoms with Crippen molar-refractivity contribution < 1.29 is 18.3 Å². The fraction of sp³-hybridized carbons (Fsp3) is 0.364. The van der Waals surface area contributed by atoms with Crippen LogP contribution in [0, 0.1) is 0 Å². The van der Waals surface area contributed by atoms with Gasteiger partial charge in [0.15, 0.2) is 9.84 Å².